The van der Waals surface area contributed by atoms with Crippen LogP contribution < -0.4 is 0 Å². The number of aromatic nitrogens is 3. The van der Waals surface area contributed by atoms with Crippen LogP contribution in [0, 0.1) is 18.6 Å². The first kappa shape index (κ1) is 14.6. The molecule has 1 aliphatic heterocycles. The molecule has 2 unspecified atom stereocenters. The number of H-pyrrole nitrogens is 1. The van der Waals surface area contributed by atoms with Gasteiger partial charge in [0, 0.05) is 17.3 Å². The summed E-state index contributed by atoms with van der Waals surface area (Å²) in [6.45, 7) is 3.53. The summed E-state index contributed by atoms with van der Waals surface area (Å²) in [5.41, 5.74) is 2.71. The Morgan fingerprint density at radius 3 is 2.71 bits per heavy atom. The van der Waals surface area contributed by atoms with Gasteiger partial charge in [0.25, 0.3) is 0 Å². The van der Waals surface area contributed by atoms with Gasteiger partial charge in [-0.25, -0.2) is 4.98 Å². The summed E-state index contributed by atoms with van der Waals surface area (Å²) in [5, 5.41) is 30.0. The van der Waals surface area contributed by atoms with E-state index in [0.717, 1.165) is 16.6 Å². The van der Waals surface area contributed by atoms with E-state index in [9.17, 15) is 10.2 Å². The van der Waals surface area contributed by atoms with Gasteiger partial charge in [-0.05, 0) is 31.6 Å². The van der Waals surface area contributed by atoms with Crippen molar-refractivity contribution in [2.45, 2.75) is 38.4 Å². The zero-order valence-corrected chi connectivity index (χ0v) is 12.5. The number of rotatable bonds is 2. The molecule has 1 saturated heterocycles. The van der Waals surface area contributed by atoms with Crippen LogP contribution in [0.4, 0.5) is 0 Å². The summed E-state index contributed by atoms with van der Waals surface area (Å²) in [6, 6.07) is 0. The maximum absolute atomic E-state index is 10.1. The first-order valence-electron chi connectivity index (χ1n) is 6.64. The van der Waals surface area contributed by atoms with Crippen LogP contribution in [0.25, 0.3) is 11.0 Å². The quantitative estimate of drug-likeness (QED) is 0.596. The van der Waals surface area contributed by atoms with Crippen molar-refractivity contribution in [1.82, 2.24) is 14.5 Å². The number of ether oxygens (including phenoxy) is 1. The molecule has 2 aromatic rings. The van der Waals surface area contributed by atoms with Crippen molar-refractivity contribution in [3.63, 3.8) is 0 Å². The van der Waals surface area contributed by atoms with E-state index in [1.54, 1.807) is 6.20 Å². The predicted molar refractivity (Wildman–Crippen MR) is 77.4 cm³/mol. The van der Waals surface area contributed by atoms with Gasteiger partial charge in [0.15, 0.2) is 6.23 Å². The summed E-state index contributed by atoms with van der Waals surface area (Å²) in [5.74, 6) is 0. The standard InChI is InChI=1S/C13H17N3O4S/c1-5-6(2)14-11-7(5)3-16(13(21)15-11)12-10(19)9(18)8(4-17)20-12/h3,8-10,12,17-19H,4H2,1-2H3,(H,14,15,21)/t8-,9?,10?,12-/m1/s1. The van der Waals surface area contributed by atoms with E-state index in [1.165, 1.54) is 4.57 Å². The van der Waals surface area contributed by atoms with Crippen LogP contribution >= 0.6 is 12.2 Å². The molecular formula is C13H17N3O4S. The van der Waals surface area contributed by atoms with Crippen LogP contribution in [-0.4, -0.2) is 54.8 Å². The first-order chi connectivity index (χ1) is 9.93. The van der Waals surface area contributed by atoms with Gasteiger partial charge in [-0.15, -0.1) is 0 Å². The van der Waals surface area contributed by atoms with Crippen LogP contribution in [0.15, 0.2) is 6.20 Å². The molecule has 0 amide bonds. The van der Waals surface area contributed by atoms with Crippen molar-refractivity contribution in [3.05, 3.63) is 22.2 Å². The van der Waals surface area contributed by atoms with Crippen molar-refractivity contribution >= 4 is 23.3 Å². The zero-order chi connectivity index (χ0) is 15.3. The number of aliphatic hydroxyl groups is 3. The Bertz CT molecular complexity index is 741. The summed E-state index contributed by atoms with van der Waals surface area (Å²) < 4.78 is 7.24. The molecule has 0 aromatic carbocycles. The molecule has 0 saturated carbocycles. The molecule has 0 bridgehead atoms. The third-order valence-corrected chi connectivity index (χ3v) is 4.32. The van der Waals surface area contributed by atoms with Crippen molar-refractivity contribution in [2.24, 2.45) is 0 Å². The van der Waals surface area contributed by atoms with E-state index in [-0.39, 0.29) is 11.4 Å². The van der Waals surface area contributed by atoms with E-state index >= 15 is 0 Å². The molecule has 3 heterocycles. The molecule has 3 rings (SSSR count). The fraction of sp³-hybridized carbons (Fsp3) is 0.538. The summed E-state index contributed by atoms with van der Waals surface area (Å²) in [7, 11) is 0. The predicted octanol–water partition coefficient (Wildman–Crippen LogP) is 0.322. The third kappa shape index (κ3) is 2.19. The number of hydrogen-bond donors (Lipinski definition) is 4. The lowest BCUT2D eigenvalue weighted by Crippen LogP contribution is -2.33. The molecule has 21 heavy (non-hydrogen) atoms. The van der Waals surface area contributed by atoms with Crippen LogP contribution in [-0.2, 0) is 4.74 Å². The zero-order valence-electron chi connectivity index (χ0n) is 11.6. The maximum atomic E-state index is 10.1. The van der Waals surface area contributed by atoms with Gasteiger partial charge in [0.2, 0.25) is 4.77 Å². The lowest BCUT2D eigenvalue weighted by atomic mass is 10.1. The topological polar surface area (TPSA) is 104 Å². The molecule has 8 heteroatoms. The minimum absolute atomic E-state index is 0.235. The minimum Gasteiger partial charge on any atom is -0.394 e. The maximum Gasteiger partial charge on any atom is 0.203 e. The van der Waals surface area contributed by atoms with Crippen molar-refractivity contribution in [3.8, 4) is 0 Å². The number of aryl methyl sites for hydroxylation is 2. The highest BCUT2D eigenvalue weighted by Crippen LogP contribution is 2.30. The molecule has 0 aliphatic carbocycles. The summed E-state index contributed by atoms with van der Waals surface area (Å²) >= 11 is 5.23. The third-order valence-electron chi connectivity index (χ3n) is 4.02. The van der Waals surface area contributed by atoms with Crippen LogP contribution in [0.1, 0.15) is 17.5 Å². The second kappa shape index (κ2) is 5.15. The largest absolute Gasteiger partial charge is 0.394 e. The van der Waals surface area contributed by atoms with Gasteiger partial charge in [-0.3, -0.25) is 4.57 Å². The molecular weight excluding hydrogens is 294 g/mol. The van der Waals surface area contributed by atoms with E-state index in [1.807, 2.05) is 13.8 Å². The average molecular weight is 311 g/mol. The second-order valence-electron chi connectivity index (χ2n) is 5.30. The van der Waals surface area contributed by atoms with Gasteiger partial charge in [0.05, 0.1) is 6.61 Å². The average Bonchev–Trinajstić information content (AvgIpc) is 2.88. The van der Waals surface area contributed by atoms with Crippen LogP contribution in [0.5, 0.6) is 0 Å². The lowest BCUT2D eigenvalue weighted by Gasteiger charge is -2.18. The van der Waals surface area contributed by atoms with Gasteiger partial charge in [-0.1, -0.05) is 0 Å². The lowest BCUT2D eigenvalue weighted by molar-refractivity contribution is -0.0538. The monoisotopic (exact) mass is 311 g/mol. The number of nitrogens with zero attached hydrogens (tertiary/aromatic N) is 2. The highest BCUT2D eigenvalue weighted by atomic mass is 32.1. The number of aromatic amines is 1. The number of nitrogens with one attached hydrogen (secondary N) is 1. The minimum atomic E-state index is -1.17. The van der Waals surface area contributed by atoms with E-state index in [2.05, 4.69) is 9.97 Å². The molecule has 0 spiro atoms. The highest BCUT2D eigenvalue weighted by Gasteiger charge is 2.43. The molecule has 2 aromatic heterocycles. The highest BCUT2D eigenvalue weighted by molar-refractivity contribution is 7.71. The Labute approximate surface area is 125 Å². The Morgan fingerprint density at radius 1 is 1.38 bits per heavy atom. The number of fused-ring (bicyclic) bond motifs is 1. The molecule has 4 atom stereocenters. The molecule has 1 fully saturated rings. The molecule has 0 radical (unpaired) electrons. The van der Waals surface area contributed by atoms with E-state index in [4.69, 9.17) is 22.1 Å². The van der Waals surface area contributed by atoms with Crippen molar-refractivity contribution < 1.29 is 20.1 Å². The molecule has 114 valence electrons. The van der Waals surface area contributed by atoms with Gasteiger partial charge in [-0.2, -0.15) is 0 Å². The van der Waals surface area contributed by atoms with E-state index in [0.29, 0.717) is 5.65 Å². The van der Waals surface area contributed by atoms with Crippen molar-refractivity contribution in [1.29, 1.82) is 0 Å². The SMILES string of the molecule is Cc1[nH]c2nc(=S)n([C@@H]3O[C@H](CO)C(O)C3O)cc2c1C. The smallest absolute Gasteiger partial charge is 0.203 e. The number of aliphatic hydroxyl groups excluding tert-OH is 3. The van der Waals surface area contributed by atoms with E-state index < -0.39 is 24.5 Å². The fourth-order valence-electron chi connectivity index (χ4n) is 2.60. The molecule has 1 aliphatic rings. The van der Waals surface area contributed by atoms with Gasteiger partial charge in [0.1, 0.15) is 24.0 Å². The van der Waals surface area contributed by atoms with Crippen molar-refractivity contribution in [2.75, 3.05) is 6.61 Å². The Morgan fingerprint density at radius 2 is 2.10 bits per heavy atom. The second-order valence-corrected chi connectivity index (χ2v) is 5.66. The molecule has 7 nitrogen and oxygen atoms in total. The Balaban J connectivity index is 2.10. The number of hydrogen-bond acceptors (Lipinski definition) is 6. The molecule has 4 N–H and O–H groups in total. The normalized spacial score (nSPS) is 29.4. The van der Waals surface area contributed by atoms with Crippen LogP contribution in [0.3, 0.4) is 0 Å². The Kier molecular flexibility index (Phi) is 3.58. The summed E-state index contributed by atoms with van der Waals surface area (Å²) in [6.07, 6.45) is -2.28. The fourth-order valence-corrected chi connectivity index (χ4v) is 2.85. The Hall–Kier alpha value is -1.32. The van der Waals surface area contributed by atoms with Gasteiger partial charge < -0.3 is 25.0 Å². The summed E-state index contributed by atoms with van der Waals surface area (Å²) in [4.78, 5) is 7.44. The first-order valence-corrected chi connectivity index (χ1v) is 7.05. The van der Waals surface area contributed by atoms with Crippen LogP contribution in [0.2, 0.25) is 0 Å². The van der Waals surface area contributed by atoms with Gasteiger partial charge >= 0.3 is 0 Å².